The second kappa shape index (κ2) is 13.4. The fraction of sp³-hybridized carbons (Fsp3) is 0.600. The van der Waals surface area contributed by atoms with Crippen molar-refractivity contribution in [1.82, 2.24) is 0 Å². The summed E-state index contributed by atoms with van der Waals surface area (Å²) in [5, 5.41) is 0. The molecular formula is C20H31NaO7S. The molecule has 0 radical (unpaired) electrons. The van der Waals surface area contributed by atoms with Crippen LogP contribution in [-0.2, 0) is 19.6 Å². The van der Waals surface area contributed by atoms with Gasteiger partial charge in [0.05, 0.1) is 24.3 Å². The van der Waals surface area contributed by atoms with Crippen LogP contribution < -0.4 is 29.6 Å². The predicted molar refractivity (Wildman–Crippen MR) is 106 cm³/mol. The summed E-state index contributed by atoms with van der Waals surface area (Å²) in [7, 11) is -4.73. The molecular weight excluding hydrogens is 407 g/mol. The maximum Gasteiger partial charge on any atom is 1.00 e. The largest absolute Gasteiger partial charge is 1.00 e. The SMILES string of the molecule is CCCC(C)COC(=O)c1ccc(C(=O)OCC(C)CCC)c(S(=O)(=O)O)c1.[H-].[Na+]. The number of rotatable bonds is 11. The number of carbonyl (C=O) groups is 2. The fourth-order valence-corrected chi connectivity index (χ4v) is 3.49. The molecule has 2 atom stereocenters. The first-order chi connectivity index (χ1) is 13.1. The van der Waals surface area contributed by atoms with Crippen molar-refractivity contribution in [3.05, 3.63) is 29.3 Å². The monoisotopic (exact) mass is 438 g/mol. The molecule has 0 aliphatic rings. The number of carbonyl (C=O) groups excluding carboxylic acids is 2. The van der Waals surface area contributed by atoms with Gasteiger partial charge in [0.25, 0.3) is 10.1 Å². The molecule has 0 bridgehead atoms. The minimum Gasteiger partial charge on any atom is -1.00 e. The molecule has 0 aliphatic carbocycles. The van der Waals surface area contributed by atoms with Crippen LogP contribution in [0.25, 0.3) is 0 Å². The molecule has 160 valence electrons. The Kier molecular flexibility index (Phi) is 13.0. The minimum absolute atomic E-state index is 0. The van der Waals surface area contributed by atoms with E-state index < -0.39 is 27.0 Å². The maximum absolute atomic E-state index is 12.3. The van der Waals surface area contributed by atoms with Crippen LogP contribution in [0, 0.1) is 11.8 Å². The van der Waals surface area contributed by atoms with Crippen LogP contribution in [-0.4, -0.2) is 38.1 Å². The van der Waals surface area contributed by atoms with Crippen LogP contribution >= 0.6 is 0 Å². The van der Waals surface area contributed by atoms with Crippen LogP contribution in [0.4, 0.5) is 0 Å². The summed E-state index contributed by atoms with van der Waals surface area (Å²) in [5.74, 6) is -1.28. The second-order valence-electron chi connectivity index (χ2n) is 7.17. The smallest absolute Gasteiger partial charge is 1.00 e. The minimum atomic E-state index is -4.73. The van der Waals surface area contributed by atoms with Gasteiger partial charge in [0.2, 0.25) is 0 Å². The van der Waals surface area contributed by atoms with Crippen molar-refractivity contribution in [2.24, 2.45) is 11.8 Å². The number of ether oxygens (including phenoxy) is 2. The normalized spacial score (nSPS) is 13.1. The predicted octanol–water partition coefficient (Wildman–Crippen LogP) is 1.24. The Morgan fingerprint density at radius 1 is 1.00 bits per heavy atom. The summed E-state index contributed by atoms with van der Waals surface area (Å²) in [5.41, 5.74) is -0.380. The summed E-state index contributed by atoms with van der Waals surface area (Å²) in [6, 6.07) is 3.38. The maximum atomic E-state index is 12.3. The Morgan fingerprint density at radius 2 is 1.48 bits per heavy atom. The molecule has 1 aromatic carbocycles. The Morgan fingerprint density at radius 3 is 1.93 bits per heavy atom. The quantitative estimate of drug-likeness (QED) is 0.315. The van der Waals surface area contributed by atoms with E-state index >= 15 is 0 Å². The van der Waals surface area contributed by atoms with Gasteiger partial charge in [0.15, 0.2) is 0 Å². The third-order valence-corrected chi connectivity index (χ3v) is 5.17. The summed E-state index contributed by atoms with van der Waals surface area (Å²) >= 11 is 0. The first-order valence-electron chi connectivity index (χ1n) is 9.55. The van der Waals surface area contributed by atoms with Gasteiger partial charge in [0, 0.05) is 0 Å². The Balaban J connectivity index is 0. The summed E-state index contributed by atoms with van der Waals surface area (Å²) in [4.78, 5) is 23.8. The zero-order chi connectivity index (χ0) is 21.3. The van der Waals surface area contributed by atoms with E-state index in [1.807, 2.05) is 27.7 Å². The van der Waals surface area contributed by atoms with E-state index in [4.69, 9.17) is 9.47 Å². The van der Waals surface area contributed by atoms with Crippen molar-refractivity contribution in [2.45, 2.75) is 58.3 Å². The van der Waals surface area contributed by atoms with Crippen molar-refractivity contribution >= 4 is 22.1 Å². The van der Waals surface area contributed by atoms with Crippen LogP contribution in [0.1, 0.15) is 75.5 Å². The van der Waals surface area contributed by atoms with Crippen molar-refractivity contribution in [3.63, 3.8) is 0 Å². The molecule has 0 fully saturated rings. The van der Waals surface area contributed by atoms with Crippen molar-refractivity contribution in [3.8, 4) is 0 Å². The van der Waals surface area contributed by atoms with E-state index in [0.717, 1.165) is 37.8 Å². The van der Waals surface area contributed by atoms with Gasteiger partial charge in [-0.15, -0.1) is 0 Å². The van der Waals surface area contributed by atoms with Crippen molar-refractivity contribution in [2.75, 3.05) is 13.2 Å². The van der Waals surface area contributed by atoms with E-state index in [9.17, 15) is 22.6 Å². The average Bonchev–Trinajstić information content (AvgIpc) is 2.63. The summed E-state index contributed by atoms with van der Waals surface area (Å²) in [6.45, 7) is 8.23. The Bertz CT molecular complexity index is 783. The van der Waals surface area contributed by atoms with Gasteiger partial charge in [-0.3, -0.25) is 4.55 Å². The molecule has 0 saturated heterocycles. The van der Waals surface area contributed by atoms with Gasteiger partial charge in [-0.25, -0.2) is 9.59 Å². The number of hydrogen-bond donors (Lipinski definition) is 1. The molecule has 0 amide bonds. The third-order valence-electron chi connectivity index (χ3n) is 4.28. The molecule has 9 heteroatoms. The number of hydrogen-bond acceptors (Lipinski definition) is 6. The van der Waals surface area contributed by atoms with Gasteiger partial charge in [0.1, 0.15) is 4.90 Å². The van der Waals surface area contributed by atoms with E-state index in [0.29, 0.717) is 0 Å². The number of benzene rings is 1. The second-order valence-corrected chi connectivity index (χ2v) is 8.56. The number of esters is 2. The molecule has 1 N–H and O–H groups in total. The standard InChI is InChI=1S/C20H30O7S.Na.H/c1-5-7-14(3)12-26-19(21)16-9-10-17(18(11-16)28(23,24)25)20(22)27-13-15(4)8-6-2;;/h9-11,14-15H,5-8,12-13H2,1-4H3,(H,23,24,25);;/q;+1;-1. The molecule has 0 aromatic heterocycles. The van der Waals surface area contributed by atoms with Crippen LogP contribution in [0.5, 0.6) is 0 Å². The molecule has 1 aromatic rings. The van der Waals surface area contributed by atoms with E-state index in [2.05, 4.69) is 0 Å². The van der Waals surface area contributed by atoms with Gasteiger partial charge >= 0.3 is 41.5 Å². The summed E-state index contributed by atoms with van der Waals surface area (Å²) < 4.78 is 43.3. The van der Waals surface area contributed by atoms with E-state index in [1.54, 1.807) is 0 Å². The van der Waals surface area contributed by atoms with Crippen molar-refractivity contribution in [1.29, 1.82) is 0 Å². The average molecular weight is 439 g/mol. The first kappa shape index (κ1) is 28.1. The topological polar surface area (TPSA) is 107 Å². The zero-order valence-electron chi connectivity index (χ0n) is 18.9. The summed E-state index contributed by atoms with van der Waals surface area (Å²) in [6.07, 6.45) is 3.65. The molecule has 0 aliphatic heterocycles. The molecule has 1 rings (SSSR count). The van der Waals surface area contributed by atoms with Crippen molar-refractivity contribution < 1.29 is 63.0 Å². The fourth-order valence-electron chi connectivity index (χ4n) is 2.78. The molecule has 0 saturated carbocycles. The van der Waals surface area contributed by atoms with E-state index in [1.165, 1.54) is 6.07 Å². The molecule has 2 unspecified atom stereocenters. The van der Waals surface area contributed by atoms with Crippen LogP contribution in [0.15, 0.2) is 23.1 Å². The zero-order valence-corrected chi connectivity index (χ0v) is 20.8. The molecule has 29 heavy (non-hydrogen) atoms. The molecule has 7 nitrogen and oxygen atoms in total. The van der Waals surface area contributed by atoms with E-state index in [-0.39, 0.29) is 67.2 Å². The van der Waals surface area contributed by atoms with Crippen LogP contribution in [0.3, 0.4) is 0 Å². The van der Waals surface area contributed by atoms with Gasteiger partial charge in [-0.2, -0.15) is 8.42 Å². The Labute approximate surface area is 197 Å². The van der Waals surface area contributed by atoms with Gasteiger partial charge in [-0.05, 0) is 42.9 Å². The first-order valence-corrected chi connectivity index (χ1v) is 11.0. The van der Waals surface area contributed by atoms with Crippen LogP contribution in [0.2, 0.25) is 0 Å². The third kappa shape index (κ3) is 9.61. The Hall–Kier alpha value is -0.930. The molecule has 0 spiro atoms. The van der Waals surface area contributed by atoms with Gasteiger partial charge < -0.3 is 10.9 Å². The van der Waals surface area contributed by atoms with Gasteiger partial charge in [-0.1, -0.05) is 40.5 Å². The molecule has 0 heterocycles.